The number of aromatic carboxylic acids is 1. The van der Waals surface area contributed by atoms with E-state index in [2.05, 4.69) is 0 Å². The number of rotatable bonds is 6. The molecule has 31 heavy (non-hydrogen) atoms. The van der Waals surface area contributed by atoms with E-state index in [1.807, 2.05) is 10.6 Å². The van der Waals surface area contributed by atoms with Crippen LogP contribution in [0.15, 0.2) is 60.8 Å². The molecule has 4 aromatic rings. The van der Waals surface area contributed by atoms with Gasteiger partial charge in [0.15, 0.2) is 0 Å². The highest BCUT2D eigenvalue weighted by Crippen LogP contribution is 2.28. The quantitative estimate of drug-likeness (QED) is 0.354. The average molecular weight is 462 g/mol. The van der Waals surface area contributed by atoms with Crippen molar-refractivity contribution in [1.82, 2.24) is 4.57 Å². The molecule has 0 radical (unpaired) electrons. The molecule has 0 aliphatic heterocycles. The Kier molecular flexibility index (Phi) is 5.85. The molecule has 0 amide bonds. The van der Waals surface area contributed by atoms with Crippen molar-refractivity contribution in [3.05, 3.63) is 99.2 Å². The van der Waals surface area contributed by atoms with Gasteiger partial charge in [-0.05, 0) is 48.5 Å². The van der Waals surface area contributed by atoms with E-state index in [1.165, 1.54) is 6.07 Å². The molecule has 1 heterocycles. The summed E-state index contributed by atoms with van der Waals surface area (Å²) in [6, 6.07) is 13.7. The van der Waals surface area contributed by atoms with Gasteiger partial charge >= 0.3 is 5.97 Å². The molecule has 0 atom stereocenters. The molecule has 158 valence electrons. The number of benzene rings is 3. The number of hydrogen-bond acceptors (Lipinski definition) is 2. The van der Waals surface area contributed by atoms with Gasteiger partial charge in [0.05, 0.1) is 17.7 Å². The fraction of sp³-hybridized carbons (Fsp3) is 0.0870. The van der Waals surface area contributed by atoms with Crippen LogP contribution in [-0.4, -0.2) is 15.6 Å². The van der Waals surface area contributed by atoms with Crippen molar-refractivity contribution in [3.8, 4) is 5.75 Å². The van der Waals surface area contributed by atoms with Crippen LogP contribution in [0.5, 0.6) is 5.75 Å². The second-order valence-electron chi connectivity index (χ2n) is 6.88. The number of carboxylic acids is 1. The summed E-state index contributed by atoms with van der Waals surface area (Å²) in [6.07, 6.45) is 1.76. The molecule has 0 saturated heterocycles. The van der Waals surface area contributed by atoms with Gasteiger partial charge in [-0.3, -0.25) is 0 Å². The molecule has 0 saturated carbocycles. The minimum Gasteiger partial charge on any atom is -0.488 e. The van der Waals surface area contributed by atoms with Gasteiger partial charge in [0.2, 0.25) is 0 Å². The first kappa shape index (κ1) is 21.2. The van der Waals surface area contributed by atoms with Crippen molar-refractivity contribution in [1.29, 1.82) is 0 Å². The van der Waals surface area contributed by atoms with Crippen molar-refractivity contribution in [3.63, 3.8) is 0 Å². The molecule has 0 aliphatic rings. The minimum absolute atomic E-state index is 0.0360. The summed E-state index contributed by atoms with van der Waals surface area (Å²) in [5.41, 5.74) is 1.36. The molecule has 0 aliphatic carbocycles. The monoisotopic (exact) mass is 461 g/mol. The number of ether oxygens (including phenoxy) is 1. The summed E-state index contributed by atoms with van der Waals surface area (Å²) in [7, 11) is 0. The van der Waals surface area contributed by atoms with Crippen LogP contribution in [0.1, 0.15) is 21.5 Å². The summed E-state index contributed by atoms with van der Waals surface area (Å²) in [6.45, 7) is -0.0207. The van der Waals surface area contributed by atoms with E-state index >= 15 is 0 Å². The van der Waals surface area contributed by atoms with Crippen LogP contribution in [0, 0.1) is 11.6 Å². The van der Waals surface area contributed by atoms with Gasteiger partial charge in [-0.2, -0.15) is 0 Å². The maximum Gasteiger partial charge on any atom is 0.336 e. The fourth-order valence-corrected chi connectivity index (χ4v) is 3.79. The van der Waals surface area contributed by atoms with Crippen molar-refractivity contribution >= 4 is 40.1 Å². The van der Waals surface area contributed by atoms with Crippen LogP contribution < -0.4 is 4.74 Å². The van der Waals surface area contributed by atoms with Crippen LogP contribution >= 0.6 is 23.2 Å². The van der Waals surface area contributed by atoms with E-state index in [1.54, 1.807) is 36.5 Å². The van der Waals surface area contributed by atoms with E-state index in [4.69, 9.17) is 27.9 Å². The zero-order valence-electron chi connectivity index (χ0n) is 15.9. The van der Waals surface area contributed by atoms with Gasteiger partial charge in [0.25, 0.3) is 0 Å². The van der Waals surface area contributed by atoms with E-state index in [-0.39, 0.29) is 22.8 Å². The number of carbonyl (C=O) groups is 1. The topological polar surface area (TPSA) is 51.5 Å². The summed E-state index contributed by atoms with van der Waals surface area (Å²) >= 11 is 11.8. The first-order chi connectivity index (χ1) is 14.8. The maximum absolute atomic E-state index is 14.1. The standard InChI is InChI=1S/C23H15Cl2F2NO3/c24-14-4-5-22(31-12-18-19(26)9-15(25)10-20(18)27)13(8-14)11-28-7-6-16-17(23(29)30)2-1-3-21(16)28/h1-10H,11-12H2,(H,29,30). The van der Waals surface area contributed by atoms with Crippen LogP contribution in [-0.2, 0) is 13.2 Å². The molecule has 0 unspecified atom stereocenters. The molecule has 8 heteroatoms. The van der Waals surface area contributed by atoms with E-state index in [9.17, 15) is 18.7 Å². The molecule has 1 aromatic heterocycles. The Bertz CT molecular complexity index is 1280. The predicted octanol–water partition coefficient (Wildman–Crippen LogP) is 6.55. The number of aromatic nitrogens is 1. The van der Waals surface area contributed by atoms with Gasteiger partial charge in [0, 0.05) is 32.7 Å². The summed E-state index contributed by atoms with van der Waals surface area (Å²) in [5.74, 6) is -2.20. The van der Waals surface area contributed by atoms with Crippen LogP contribution in [0.2, 0.25) is 10.0 Å². The van der Waals surface area contributed by atoms with Gasteiger partial charge in [0.1, 0.15) is 24.0 Å². The smallest absolute Gasteiger partial charge is 0.336 e. The number of fused-ring (bicyclic) bond motifs is 1. The van der Waals surface area contributed by atoms with Gasteiger partial charge < -0.3 is 14.4 Å². The molecule has 4 rings (SSSR count). The number of nitrogens with zero attached hydrogens (tertiary/aromatic N) is 1. The highest BCUT2D eigenvalue weighted by Gasteiger charge is 2.15. The van der Waals surface area contributed by atoms with Crippen molar-refractivity contribution in [2.24, 2.45) is 0 Å². The van der Waals surface area contributed by atoms with Crippen molar-refractivity contribution < 1.29 is 23.4 Å². The molecule has 3 aromatic carbocycles. The molecule has 0 bridgehead atoms. The zero-order valence-corrected chi connectivity index (χ0v) is 17.4. The summed E-state index contributed by atoms with van der Waals surface area (Å²) < 4.78 is 35.7. The molecule has 4 nitrogen and oxygen atoms in total. The highest BCUT2D eigenvalue weighted by atomic mass is 35.5. The van der Waals surface area contributed by atoms with E-state index in [0.29, 0.717) is 28.3 Å². The number of hydrogen-bond donors (Lipinski definition) is 1. The van der Waals surface area contributed by atoms with E-state index in [0.717, 1.165) is 17.6 Å². The Hall–Kier alpha value is -3.09. The normalized spacial score (nSPS) is 11.1. The second kappa shape index (κ2) is 8.57. The Morgan fingerprint density at radius 3 is 2.45 bits per heavy atom. The lowest BCUT2D eigenvalue weighted by Gasteiger charge is -2.14. The Balaban J connectivity index is 1.65. The highest BCUT2D eigenvalue weighted by molar-refractivity contribution is 6.30. The zero-order chi connectivity index (χ0) is 22.1. The predicted molar refractivity (Wildman–Crippen MR) is 115 cm³/mol. The Labute approximate surface area is 186 Å². The molecule has 1 N–H and O–H groups in total. The first-order valence-corrected chi connectivity index (χ1v) is 9.95. The van der Waals surface area contributed by atoms with Crippen molar-refractivity contribution in [2.75, 3.05) is 0 Å². The van der Waals surface area contributed by atoms with Gasteiger partial charge in [-0.25, -0.2) is 13.6 Å². The Morgan fingerprint density at radius 1 is 1.00 bits per heavy atom. The molecule has 0 spiro atoms. The summed E-state index contributed by atoms with van der Waals surface area (Å²) in [5, 5.41) is 10.4. The van der Waals surface area contributed by atoms with Crippen LogP contribution in [0.4, 0.5) is 8.78 Å². The van der Waals surface area contributed by atoms with E-state index < -0.39 is 17.6 Å². The third-order valence-electron chi connectivity index (χ3n) is 4.89. The fourth-order valence-electron chi connectivity index (χ4n) is 3.40. The third kappa shape index (κ3) is 4.36. The Morgan fingerprint density at radius 2 is 1.74 bits per heavy atom. The van der Waals surface area contributed by atoms with Gasteiger partial charge in [-0.1, -0.05) is 29.3 Å². The molecular formula is C23H15Cl2F2NO3. The maximum atomic E-state index is 14.1. The number of halogens is 4. The minimum atomic E-state index is -1.01. The van der Waals surface area contributed by atoms with Crippen LogP contribution in [0.25, 0.3) is 10.9 Å². The SMILES string of the molecule is O=C(O)c1cccc2c1ccn2Cc1cc(Cl)ccc1OCc1c(F)cc(Cl)cc1F. The largest absolute Gasteiger partial charge is 0.488 e. The first-order valence-electron chi connectivity index (χ1n) is 9.19. The second-order valence-corrected chi connectivity index (χ2v) is 7.75. The molecular weight excluding hydrogens is 447 g/mol. The molecule has 0 fully saturated rings. The summed E-state index contributed by atoms with van der Waals surface area (Å²) in [4.78, 5) is 11.5. The number of carboxylic acid groups (broad SMARTS) is 1. The lowest BCUT2D eigenvalue weighted by atomic mass is 10.1. The van der Waals surface area contributed by atoms with Crippen molar-refractivity contribution in [2.45, 2.75) is 13.2 Å². The third-order valence-corrected chi connectivity index (χ3v) is 5.34. The average Bonchev–Trinajstić information content (AvgIpc) is 3.11. The van der Waals surface area contributed by atoms with Gasteiger partial charge in [-0.15, -0.1) is 0 Å². The van der Waals surface area contributed by atoms with Crippen LogP contribution in [0.3, 0.4) is 0 Å². The lowest BCUT2D eigenvalue weighted by Crippen LogP contribution is -2.06. The lowest BCUT2D eigenvalue weighted by molar-refractivity contribution is 0.0699.